The molecule has 0 bridgehead atoms. The second-order valence-electron chi connectivity index (χ2n) is 6.62. The van der Waals surface area contributed by atoms with Gasteiger partial charge in [-0.25, -0.2) is 0 Å². The first-order valence-electron chi connectivity index (χ1n) is 7.89. The van der Waals surface area contributed by atoms with Crippen molar-refractivity contribution in [2.75, 3.05) is 20.1 Å². The third-order valence-corrected chi connectivity index (χ3v) is 5.67. The number of rotatable bonds is 2. The van der Waals surface area contributed by atoms with E-state index in [1.807, 2.05) is 17.1 Å². The Morgan fingerprint density at radius 2 is 1.82 bits per heavy atom. The lowest BCUT2D eigenvalue weighted by atomic mass is 9.77. The van der Waals surface area contributed by atoms with E-state index in [4.69, 9.17) is 0 Å². The molecule has 2 heterocycles. The molecule has 3 aliphatic rings. The van der Waals surface area contributed by atoms with Crippen LogP contribution in [0.15, 0.2) is 12.2 Å². The number of carbonyl (C=O) groups excluding carboxylic acids is 2. The molecule has 2 fully saturated rings. The van der Waals surface area contributed by atoms with E-state index in [1.54, 1.807) is 11.9 Å². The molecule has 2 aliphatic heterocycles. The molecule has 22 heavy (non-hydrogen) atoms. The van der Waals surface area contributed by atoms with E-state index < -0.39 is 17.4 Å². The first-order valence-corrected chi connectivity index (χ1v) is 7.89. The van der Waals surface area contributed by atoms with Gasteiger partial charge in [-0.2, -0.15) is 0 Å². The minimum atomic E-state index is -0.905. The summed E-state index contributed by atoms with van der Waals surface area (Å²) in [5.74, 6) is -1.45. The van der Waals surface area contributed by atoms with Crippen LogP contribution in [-0.2, 0) is 14.4 Å². The summed E-state index contributed by atoms with van der Waals surface area (Å²) >= 11 is 0. The lowest BCUT2D eigenvalue weighted by Crippen LogP contribution is -2.57. The van der Waals surface area contributed by atoms with E-state index >= 15 is 0 Å². The normalized spacial score (nSPS) is 27.9. The molecule has 1 N–H and O–H groups in total. The average Bonchev–Trinajstić information content (AvgIpc) is 3.11. The average molecular weight is 306 g/mol. The number of hydrogen-bond donors (Lipinski definition) is 1. The fourth-order valence-electron chi connectivity index (χ4n) is 4.18. The largest absolute Gasteiger partial charge is 0.481 e. The molecule has 6 heteroatoms. The minimum Gasteiger partial charge on any atom is -0.481 e. The van der Waals surface area contributed by atoms with Crippen molar-refractivity contribution in [3.63, 3.8) is 0 Å². The lowest BCUT2D eigenvalue weighted by molar-refractivity contribution is -0.147. The molecule has 0 aromatic heterocycles. The van der Waals surface area contributed by atoms with Gasteiger partial charge in [0.1, 0.15) is 0 Å². The first kappa shape index (κ1) is 15.1. The Balaban J connectivity index is 1.70. The maximum absolute atomic E-state index is 12.5. The Labute approximate surface area is 129 Å². The van der Waals surface area contributed by atoms with E-state index in [0.29, 0.717) is 25.9 Å². The van der Waals surface area contributed by atoms with Crippen molar-refractivity contribution in [3.8, 4) is 0 Å². The van der Waals surface area contributed by atoms with Crippen LogP contribution in [0.25, 0.3) is 0 Å². The van der Waals surface area contributed by atoms with Gasteiger partial charge in [0.05, 0.1) is 11.5 Å². The van der Waals surface area contributed by atoms with Crippen molar-refractivity contribution in [1.82, 2.24) is 9.80 Å². The van der Waals surface area contributed by atoms with Gasteiger partial charge in [-0.15, -0.1) is 0 Å². The molecule has 2 saturated heterocycles. The zero-order valence-corrected chi connectivity index (χ0v) is 12.8. The van der Waals surface area contributed by atoms with E-state index in [-0.39, 0.29) is 24.2 Å². The lowest BCUT2D eigenvalue weighted by Gasteiger charge is -2.45. The predicted octanol–water partition coefficient (Wildman–Crippen LogP) is 0.877. The number of allylic oxidation sites excluding steroid dienone is 2. The SMILES string of the molecule is CN1C(=O)CC(C(=O)O)C12CCN(C(=O)C1CC=CC1)CC2. The van der Waals surface area contributed by atoms with Crippen molar-refractivity contribution < 1.29 is 19.5 Å². The summed E-state index contributed by atoms with van der Waals surface area (Å²) < 4.78 is 0. The zero-order chi connectivity index (χ0) is 15.9. The smallest absolute Gasteiger partial charge is 0.309 e. The van der Waals surface area contributed by atoms with E-state index in [9.17, 15) is 19.5 Å². The van der Waals surface area contributed by atoms with Gasteiger partial charge in [-0.05, 0) is 25.7 Å². The van der Waals surface area contributed by atoms with Crippen LogP contribution >= 0.6 is 0 Å². The summed E-state index contributed by atoms with van der Waals surface area (Å²) in [5.41, 5.74) is -0.617. The van der Waals surface area contributed by atoms with Gasteiger partial charge < -0.3 is 14.9 Å². The summed E-state index contributed by atoms with van der Waals surface area (Å²) in [4.78, 5) is 39.4. The van der Waals surface area contributed by atoms with Crippen LogP contribution < -0.4 is 0 Å². The monoisotopic (exact) mass is 306 g/mol. The number of piperidine rings is 1. The van der Waals surface area contributed by atoms with Gasteiger partial charge in [0.25, 0.3) is 0 Å². The van der Waals surface area contributed by atoms with Crippen molar-refractivity contribution >= 4 is 17.8 Å². The number of carboxylic acid groups (broad SMARTS) is 1. The predicted molar refractivity (Wildman–Crippen MR) is 78.9 cm³/mol. The summed E-state index contributed by atoms with van der Waals surface area (Å²) in [5, 5.41) is 9.45. The topological polar surface area (TPSA) is 77.9 Å². The zero-order valence-electron chi connectivity index (χ0n) is 12.8. The Hall–Kier alpha value is -1.85. The van der Waals surface area contributed by atoms with Crippen molar-refractivity contribution in [2.45, 2.75) is 37.6 Å². The van der Waals surface area contributed by atoms with E-state index in [2.05, 4.69) is 0 Å². The van der Waals surface area contributed by atoms with Gasteiger partial charge in [0, 0.05) is 32.5 Å². The molecule has 1 spiro atoms. The summed E-state index contributed by atoms with van der Waals surface area (Å²) in [6, 6.07) is 0. The second-order valence-corrected chi connectivity index (χ2v) is 6.62. The van der Waals surface area contributed by atoms with Gasteiger partial charge >= 0.3 is 5.97 Å². The van der Waals surface area contributed by atoms with Crippen molar-refractivity contribution in [3.05, 3.63) is 12.2 Å². The summed E-state index contributed by atoms with van der Waals surface area (Å²) in [6.07, 6.45) is 6.87. The highest BCUT2D eigenvalue weighted by Crippen LogP contribution is 2.43. The van der Waals surface area contributed by atoms with Crippen LogP contribution in [0.5, 0.6) is 0 Å². The molecule has 0 aromatic carbocycles. The first-order chi connectivity index (χ1) is 10.5. The molecule has 6 nitrogen and oxygen atoms in total. The number of carbonyl (C=O) groups is 3. The number of hydrogen-bond acceptors (Lipinski definition) is 3. The number of aliphatic carboxylic acids is 1. The number of amides is 2. The minimum absolute atomic E-state index is 0.0484. The van der Waals surface area contributed by atoms with Crippen LogP contribution in [0.2, 0.25) is 0 Å². The fraction of sp³-hybridized carbons (Fsp3) is 0.688. The molecule has 0 saturated carbocycles. The van der Waals surface area contributed by atoms with Gasteiger partial charge in [0.2, 0.25) is 11.8 Å². The van der Waals surface area contributed by atoms with Crippen LogP contribution in [0.4, 0.5) is 0 Å². The van der Waals surface area contributed by atoms with Gasteiger partial charge in [0.15, 0.2) is 0 Å². The highest BCUT2D eigenvalue weighted by Gasteiger charge is 2.55. The molecular weight excluding hydrogens is 284 g/mol. The molecule has 2 amide bonds. The fourth-order valence-corrected chi connectivity index (χ4v) is 4.18. The highest BCUT2D eigenvalue weighted by molar-refractivity contribution is 5.88. The maximum Gasteiger partial charge on any atom is 0.309 e. The highest BCUT2D eigenvalue weighted by atomic mass is 16.4. The Morgan fingerprint density at radius 1 is 1.23 bits per heavy atom. The quantitative estimate of drug-likeness (QED) is 0.768. The Morgan fingerprint density at radius 3 is 2.36 bits per heavy atom. The number of nitrogens with zero attached hydrogens (tertiary/aromatic N) is 2. The van der Waals surface area contributed by atoms with Crippen LogP contribution in [0, 0.1) is 11.8 Å². The second kappa shape index (κ2) is 5.41. The van der Waals surface area contributed by atoms with E-state index in [0.717, 1.165) is 12.8 Å². The Bertz CT molecular complexity index is 526. The standard InChI is InChI=1S/C16H22N2O4/c1-17-13(19)10-12(15(21)22)16(17)6-8-18(9-7-16)14(20)11-4-2-3-5-11/h2-3,11-12H,4-10H2,1H3,(H,21,22). The van der Waals surface area contributed by atoms with Crippen LogP contribution in [0.3, 0.4) is 0 Å². The molecule has 1 atom stereocenters. The van der Waals surface area contributed by atoms with E-state index in [1.165, 1.54) is 0 Å². The Kier molecular flexibility index (Phi) is 3.70. The summed E-state index contributed by atoms with van der Waals surface area (Å²) in [6.45, 7) is 1.08. The maximum atomic E-state index is 12.5. The van der Waals surface area contributed by atoms with Gasteiger partial charge in [-0.3, -0.25) is 14.4 Å². The van der Waals surface area contributed by atoms with Crippen LogP contribution in [0.1, 0.15) is 32.1 Å². The molecule has 3 rings (SSSR count). The molecule has 1 unspecified atom stereocenters. The molecule has 1 aliphatic carbocycles. The molecule has 0 aromatic rings. The summed E-state index contributed by atoms with van der Waals surface area (Å²) in [7, 11) is 1.70. The van der Waals surface area contributed by atoms with Crippen molar-refractivity contribution in [1.29, 1.82) is 0 Å². The third-order valence-electron chi connectivity index (χ3n) is 5.67. The van der Waals surface area contributed by atoms with Crippen molar-refractivity contribution in [2.24, 2.45) is 11.8 Å². The third kappa shape index (κ3) is 2.21. The molecule has 120 valence electrons. The number of likely N-dealkylation sites (tertiary alicyclic amines) is 2. The number of carboxylic acids is 1. The molecule has 0 radical (unpaired) electrons. The molecular formula is C16H22N2O4. The van der Waals surface area contributed by atoms with Crippen LogP contribution in [-0.4, -0.2) is 58.4 Å². The van der Waals surface area contributed by atoms with Gasteiger partial charge in [-0.1, -0.05) is 12.2 Å².